The molecule has 6 aromatic rings. The van der Waals surface area contributed by atoms with Crippen molar-refractivity contribution in [1.82, 2.24) is 19.5 Å². The Balaban J connectivity index is 1.25. The van der Waals surface area contributed by atoms with Crippen molar-refractivity contribution in [2.75, 3.05) is 11.9 Å². The first-order valence-corrected chi connectivity index (χ1v) is 12.4. The molecule has 1 amide bonds. The molecule has 3 aromatic heterocycles. The molecule has 6 rings (SSSR count). The zero-order valence-corrected chi connectivity index (χ0v) is 20.2. The van der Waals surface area contributed by atoms with Gasteiger partial charge < -0.3 is 14.6 Å². The Morgan fingerprint density at radius 2 is 1.72 bits per heavy atom. The van der Waals surface area contributed by atoms with Crippen molar-refractivity contribution < 1.29 is 14.3 Å². The number of hydrogen-bond donors (Lipinski definition) is 1. The van der Waals surface area contributed by atoms with Crippen molar-refractivity contribution in [3.63, 3.8) is 0 Å². The quantitative estimate of drug-likeness (QED) is 0.304. The lowest BCUT2D eigenvalue weighted by Gasteiger charge is -2.07. The molecule has 0 spiro atoms. The van der Waals surface area contributed by atoms with Gasteiger partial charge in [0.15, 0.2) is 10.8 Å². The van der Waals surface area contributed by atoms with Gasteiger partial charge in [0.05, 0.1) is 38.9 Å². The molecule has 3 heterocycles. The number of esters is 1. The summed E-state index contributed by atoms with van der Waals surface area (Å²) in [5.74, 6) is -0.528. The van der Waals surface area contributed by atoms with E-state index in [4.69, 9.17) is 14.7 Å². The molecule has 0 aliphatic rings. The van der Waals surface area contributed by atoms with Crippen molar-refractivity contribution in [1.29, 1.82) is 0 Å². The fourth-order valence-electron chi connectivity index (χ4n) is 4.32. The van der Waals surface area contributed by atoms with Crippen LogP contribution in [0.25, 0.3) is 43.3 Å². The van der Waals surface area contributed by atoms with Crippen LogP contribution in [0.4, 0.5) is 5.13 Å². The van der Waals surface area contributed by atoms with Gasteiger partial charge in [0, 0.05) is 18.4 Å². The first-order chi connectivity index (χ1) is 17.6. The summed E-state index contributed by atoms with van der Waals surface area (Å²) in [6, 6.07) is 21.0. The monoisotopic (exact) mass is 495 g/mol. The molecule has 3 aromatic carbocycles. The summed E-state index contributed by atoms with van der Waals surface area (Å²) in [4.78, 5) is 39.1. The van der Waals surface area contributed by atoms with E-state index in [1.807, 2.05) is 53.1 Å². The number of carbonyl (C=O) groups excluding carboxylic acids is 2. The maximum atomic E-state index is 12.9. The van der Waals surface area contributed by atoms with Crippen molar-refractivity contribution >= 4 is 71.7 Å². The second kappa shape index (κ2) is 9.01. The van der Waals surface area contributed by atoms with Gasteiger partial charge in [-0.05, 0) is 43.3 Å². The molecule has 178 valence electrons. The number of carbonyl (C=O) groups is 2. The summed E-state index contributed by atoms with van der Waals surface area (Å²) in [6.45, 7) is 2.53. The summed E-state index contributed by atoms with van der Waals surface area (Å²) < 4.78 is 7.92. The van der Waals surface area contributed by atoms with E-state index in [1.165, 1.54) is 11.3 Å². The molecule has 0 saturated carbocycles. The molecule has 0 bridgehead atoms. The van der Waals surface area contributed by atoms with Crippen LogP contribution in [0.15, 0.2) is 66.7 Å². The molecule has 36 heavy (non-hydrogen) atoms. The lowest BCUT2D eigenvalue weighted by molar-refractivity contribution is -0.116. The summed E-state index contributed by atoms with van der Waals surface area (Å²) in [5.41, 5.74) is 5.41. The Hall–Kier alpha value is -4.37. The number of nitrogens with one attached hydrogen (secondary N) is 1. The first kappa shape index (κ1) is 22.1. The number of hydrogen-bond acceptors (Lipinski definition) is 7. The van der Waals surface area contributed by atoms with Crippen LogP contribution >= 0.6 is 11.3 Å². The predicted molar refractivity (Wildman–Crippen MR) is 141 cm³/mol. The van der Waals surface area contributed by atoms with Gasteiger partial charge in [0.2, 0.25) is 5.91 Å². The number of amides is 1. The van der Waals surface area contributed by atoms with Crippen molar-refractivity contribution in [3.05, 3.63) is 72.3 Å². The fourth-order valence-corrected chi connectivity index (χ4v) is 5.25. The molecule has 1 N–H and O–H groups in total. The molecule has 8 nitrogen and oxygen atoms in total. The lowest BCUT2D eigenvalue weighted by Crippen LogP contribution is -2.14. The van der Waals surface area contributed by atoms with Gasteiger partial charge in [-0.25, -0.2) is 19.7 Å². The summed E-state index contributed by atoms with van der Waals surface area (Å²) in [6.07, 6.45) is 0.242. The van der Waals surface area contributed by atoms with Crippen LogP contribution in [0.2, 0.25) is 0 Å². The highest BCUT2D eigenvalue weighted by Gasteiger charge is 2.16. The summed E-state index contributed by atoms with van der Waals surface area (Å²) in [5, 5.41) is 4.40. The predicted octanol–water partition coefficient (Wildman–Crippen LogP) is 5.55. The minimum absolute atomic E-state index is 0.153. The number of nitrogens with zero attached hydrogens (tertiary/aromatic N) is 4. The van der Waals surface area contributed by atoms with E-state index in [0.29, 0.717) is 29.4 Å². The van der Waals surface area contributed by atoms with Crippen LogP contribution in [0, 0.1) is 0 Å². The lowest BCUT2D eigenvalue weighted by atomic mass is 10.2. The van der Waals surface area contributed by atoms with Gasteiger partial charge in [-0.3, -0.25) is 4.79 Å². The third-order valence-corrected chi connectivity index (χ3v) is 6.90. The van der Waals surface area contributed by atoms with Gasteiger partial charge in [-0.15, -0.1) is 0 Å². The minimum Gasteiger partial charge on any atom is -0.462 e. The molecule has 0 aliphatic carbocycles. The van der Waals surface area contributed by atoms with Crippen LogP contribution in [0.3, 0.4) is 0 Å². The van der Waals surface area contributed by atoms with Gasteiger partial charge in [0.1, 0.15) is 5.52 Å². The molecule has 0 saturated heterocycles. The largest absolute Gasteiger partial charge is 0.462 e. The minimum atomic E-state index is -0.375. The molecule has 0 unspecified atom stereocenters. The van der Waals surface area contributed by atoms with Crippen LogP contribution in [0.5, 0.6) is 0 Å². The third kappa shape index (κ3) is 3.93. The number of benzene rings is 3. The highest BCUT2D eigenvalue weighted by atomic mass is 32.1. The number of thiazole rings is 1. The van der Waals surface area contributed by atoms with Crippen molar-refractivity contribution in [2.45, 2.75) is 19.9 Å². The number of anilines is 1. The summed E-state index contributed by atoms with van der Waals surface area (Å²) in [7, 11) is 0. The van der Waals surface area contributed by atoms with Gasteiger partial charge in [-0.2, -0.15) is 0 Å². The number of fused-ring (bicyclic) bond motifs is 5. The second-order valence-corrected chi connectivity index (χ2v) is 9.30. The van der Waals surface area contributed by atoms with Gasteiger partial charge in [-0.1, -0.05) is 41.7 Å². The molecule has 0 aliphatic heterocycles. The molecule has 0 atom stereocenters. The topological polar surface area (TPSA) is 99.0 Å². The normalized spacial score (nSPS) is 11.5. The molecule has 0 fully saturated rings. The smallest absolute Gasteiger partial charge is 0.338 e. The fraction of sp³-hybridized carbons (Fsp3) is 0.148. The van der Waals surface area contributed by atoms with E-state index in [-0.39, 0.29) is 18.3 Å². The zero-order chi connectivity index (χ0) is 24.6. The second-order valence-electron chi connectivity index (χ2n) is 8.27. The van der Waals surface area contributed by atoms with Crippen molar-refractivity contribution in [2.24, 2.45) is 0 Å². The third-order valence-electron chi connectivity index (χ3n) is 5.97. The average Bonchev–Trinajstić information content (AvgIpc) is 3.43. The zero-order valence-electron chi connectivity index (χ0n) is 19.4. The Morgan fingerprint density at radius 1 is 0.944 bits per heavy atom. The van der Waals surface area contributed by atoms with Gasteiger partial charge >= 0.3 is 5.97 Å². The first-order valence-electron chi connectivity index (χ1n) is 11.6. The summed E-state index contributed by atoms with van der Waals surface area (Å²) >= 11 is 1.33. The van der Waals surface area contributed by atoms with E-state index in [1.54, 1.807) is 25.1 Å². The Bertz CT molecular complexity index is 1790. The standard InChI is InChI=1S/C27H21N5O3S/c1-2-35-26(34)16-11-12-20-22(15-16)36-27(30-20)31-23(33)13-14-32-21-10-6-3-7-17(21)24-25(32)29-19-9-5-4-8-18(19)28-24/h3-12,15H,2,13-14H2,1H3,(H,30,31,33). The number of rotatable bonds is 6. The number of aromatic nitrogens is 4. The Labute approximate surface area is 209 Å². The van der Waals surface area contributed by atoms with E-state index in [0.717, 1.165) is 37.8 Å². The highest BCUT2D eigenvalue weighted by molar-refractivity contribution is 7.22. The molecule has 9 heteroatoms. The maximum absolute atomic E-state index is 12.9. The SMILES string of the molecule is CCOC(=O)c1ccc2nc(NC(=O)CCn3c4ccccc4c4nc5ccccc5nc43)sc2c1. The van der Waals surface area contributed by atoms with E-state index in [9.17, 15) is 9.59 Å². The van der Waals surface area contributed by atoms with E-state index in [2.05, 4.69) is 10.3 Å². The van der Waals surface area contributed by atoms with Crippen LogP contribution < -0.4 is 5.32 Å². The Kier molecular flexibility index (Phi) is 5.54. The Morgan fingerprint density at radius 3 is 2.56 bits per heavy atom. The molecular formula is C27H21N5O3S. The van der Waals surface area contributed by atoms with E-state index < -0.39 is 0 Å². The molecule has 0 radical (unpaired) electrons. The average molecular weight is 496 g/mol. The highest BCUT2D eigenvalue weighted by Crippen LogP contribution is 2.29. The number of aryl methyl sites for hydroxylation is 1. The van der Waals surface area contributed by atoms with Crippen LogP contribution in [0.1, 0.15) is 23.7 Å². The molecular weight excluding hydrogens is 474 g/mol. The van der Waals surface area contributed by atoms with E-state index >= 15 is 0 Å². The van der Waals surface area contributed by atoms with Crippen molar-refractivity contribution in [3.8, 4) is 0 Å². The van der Waals surface area contributed by atoms with Crippen LogP contribution in [-0.4, -0.2) is 38.0 Å². The number of para-hydroxylation sites is 3. The van der Waals surface area contributed by atoms with Crippen LogP contribution in [-0.2, 0) is 16.1 Å². The number of ether oxygens (including phenoxy) is 1. The van der Waals surface area contributed by atoms with Gasteiger partial charge in [0.25, 0.3) is 0 Å². The maximum Gasteiger partial charge on any atom is 0.338 e.